The van der Waals surface area contributed by atoms with Crippen LogP contribution in [0.15, 0.2) is 72.4 Å². The van der Waals surface area contributed by atoms with E-state index in [4.69, 9.17) is 29.4 Å². The molecule has 7 rings (SSSR count). The maximum absolute atomic E-state index is 6.50. The number of aryl methyl sites for hydroxylation is 1. The van der Waals surface area contributed by atoms with E-state index in [0.717, 1.165) is 32.9 Å². The van der Waals surface area contributed by atoms with Crippen molar-refractivity contribution in [1.82, 2.24) is 29.4 Å². The fraction of sp³-hybridized carbons (Fsp3) is 0.143. The van der Waals surface area contributed by atoms with Crippen molar-refractivity contribution in [1.29, 1.82) is 0 Å². The number of nitrogens with zero attached hydrogens (tertiary/aromatic N) is 6. The highest BCUT2D eigenvalue weighted by atomic mass is 32.1. The first-order valence-corrected chi connectivity index (χ1v) is 12.9. The average Bonchev–Trinajstić information content (AvgIpc) is 3.71. The maximum atomic E-state index is 6.50. The largest absolute Gasteiger partial charge is 0.493 e. The van der Waals surface area contributed by atoms with Gasteiger partial charge in [0.05, 0.1) is 47.5 Å². The van der Waals surface area contributed by atoms with E-state index in [0.29, 0.717) is 34.7 Å². The number of rotatable bonds is 5. The lowest BCUT2D eigenvalue weighted by molar-refractivity contribution is 0.354. The fourth-order valence-electron chi connectivity index (χ4n) is 5.00. The van der Waals surface area contributed by atoms with E-state index >= 15 is 0 Å². The molecule has 1 atom stereocenters. The maximum Gasteiger partial charge on any atom is 0.230 e. The van der Waals surface area contributed by atoms with Crippen molar-refractivity contribution >= 4 is 17.0 Å². The van der Waals surface area contributed by atoms with Crippen molar-refractivity contribution in [3.05, 3.63) is 94.8 Å². The number of para-hydroxylation sites is 1. The molecular weight excluding hydrogens is 500 g/mol. The summed E-state index contributed by atoms with van der Waals surface area (Å²) in [6.07, 6.45) is 1.64. The number of fused-ring (bicyclic) bond motifs is 4. The number of ether oxygens (including phenoxy) is 3. The zero-order valence-corrected chi connectivity index (χ0v) is 21.6. The van der Waals surface area contributed by atoms with Gasteiger partial charge in [0.15, 0.2) is 23.0 Å². The van der Waals surface area contributed by atoms with E-state index in [1.54, 1.807) is 36.4 Å². The third kappa shape index (κ3) is 3.37. The number of thiophene rings is 1. The van der Waals surface area contributed by atoms with E-state index < -0.39 is 0 Å². The Balaban J connectivity index is 1.51. The first kappa shape index (κ1) is 22.5. The summed E-state index contributed by atoms with van der Waals surface area (Å²) in [5, 5.41) is 11.6. The van der Waals surface area contributed by atoms with Crippen LogP contribution in [0.5, 0.6) is 23.3 Å². The molecule has 1 aliphatic rings. The molecule has 0 fully saturated rings. The van der Waals surface area contributed by atoms with Crippen molar-refractivity contribution in [3.8, 4) is 39.6 Å². The molecule has 0 radical (unpaired) electrons. The second-order valence-corrected chi connectivity index (χ2v) is 9.79. The molecule has 2 aromatic carbocycles. The number of hydrogen-bond donors (Lipinski definition) is 0. The molecule has 10 heteroatoms. The zero-order chi connectivity index (χ0) is 25.8. The van der Waals surface area contributed by atoms with Crippen molar-refractivity contribution in [2.45, 2.75) is 12.8 Å². The average molecular weight is 523 g/mol. The number of methoxy groups -OCH3 is 2. The second kappa shape index (κ2) is 8.70. The zero-order valence-electron chi connectivity index (χ0n) is 20.8. The topological polar surface area (TPSA) is 88.6 Å². The van der Waals surface area contributed by atoms with Crippen LogP contribution in [0.3, 0.4) is 0 Å². The molecule has 4 aromatic heterocycles. The van der Waals surface area contributed by atoms with Gasteiger partial charge in [0.2, 0.25) is 11.8 Å². The summed E-state index contributed by atoms with van der Waals surface area (Å²) in [5.41, 5.74) is 5.14. The Morgan fingerprint density at radius 2 is 1.76 bits per heavy atom. The van der Waals surface area contributed by atoms with Gasteiger partial charge in [-0.2, -0.15) is 5.10 Å². The summed E-state index contributed by atoms with van der Waals surface area (Å²) in [6.45, 7) is 1.99. The molecule has 6 aromatic rings. The van der Waals surface area contributed by atoms with Crippen molar-refractivity contribution in [2.24, 2.45) is 0 Å². The van der Waals surface area contributed by atoms with Crippen LogP contribution in [0.1, 0.15) is 28.3 Å². The number of aromatic nitrogens is 6. The van der Waals surface area contributed by atoms with Crippen molar-refractivity contribution in [2.75, 3.05) is 14.2 Å². The normalized spacial score (nSPS) is 14.1. The van der Waals surface area contributed by atoms with Crippen LogP contribution in [0.2, 0.25) is 0 Å². The fourth-order valence-corrected chi connectivity index (χ4v) is 5.65. The lowest BCUT2D eigenvalue weighted by Gasteiger charge is -2.26. The molecule has 1 aliphatic heterocycles. The highest BCUT2D eigenvalue weighted by Gasteiger charge is 2.38. The summed E-state index contributed by atoms with van der Waals surface area (Å²) < 4.78 is 21.2. The number of benzene rings is 2. The molecule has 0 saturated heterocycles. The number of hydrogen-bond acceptors (Lipinski definition) is 8. The van der Waals surface area contributed by atoms with Gasteiger partial charge >= 0.3 is 0 Å². The van der Waals surface area contributed by atoms with Crippen LogP contribution >= 0.6 is 11.3 Å². The van der Waals surface area contributed by atoms with Gasteiger partial charge < -0.3 is 14.2 Å². The van der Waals surface area contributed by atoms with Gasteiger partial charge in [-0.25, -0.2) is 19.2 Å². The molecule has 0 N–H and O–H groups in total. The highest BCUT2D eigenvalue weighted by molar-refractivity contribution is 7.13. The van der Waals surface area contributed by atoms with Gasteiger partial charge in [0.25, 0.3) is 0 Å². The minimum Gasteiger partial charge on any atom is -0.493 e. The smallest absolute Gasteiger partial charge is 0.230 e. The van der Waals surface area contributed by atoms with E-state index in [1.807, 2.05) is 77.6 Å². The second-order valence-electron chi connectivity index (χ2n) is 8.85. The molecule has 0 spiro atoms. The predicted octanol–water partition coefficient (Wildman–Crippen LogP) is 5.65. The Labute approximate surface area is 221 Å². The van der Waals surface area contributed by atoms with Crippen molar-refractivity contribution in [3.63, 3.8) is 0 Å². The van der Waals surface area contributed by atoms with E-state index in [1.165, 1.54) is 0 Å². The monoisotopic (exact) mass is 522 g/mol. The standard InChI is InChI=1S/C28H22N6O3S/c1-16-22-23(17-11-12-19(35-2)20(14-17)36-3)24-26-30-25(21-10-7-13-38-21)32-33(26)15-29-27(24)37-28(22)34(31-16)18-8-5-4-6-9-18/h4-15,23H,1-3H3/t23-/m1/s1. The molecule has 0 amide bonds. The first-order valence-electron chi connectivity index (χ1n) is 12.0. The Kier molecular flexibility index (Phi) is 5.15. The van der Waals surface area contributed by atoms with E-state index in [2.05, 4.69) is 4.98 Å². The molecule has 0 unspecified atom stereocenters. The highest BCUT2D eigenvalue weighted by Crippen LogP contribution is 2.50. The quantitative estimate of drug-likeness (QED) is 0.289. The lowest BCUT2D eigenvalue weighted by atomic mass is 9.84. The minimum absolute atomic E-state index is 0.289. The Morgan fingerprint density at radius 1 is 0.921 bits per heavy atom. The summed E-state index contributed by atoms with van der Waals surface area (Å²) in [4.78, 5) is 10.6. The van der Waals surface area contributed by atoms with Gasteiger partial charge in [-0.3, -0.25) is 0 Å². The van der Waals surface area contributed by atoms with Crippen LogP contribution in [0.4, 0.5) is 0 Å². The molecule has 188 valence electrons. The van der Waals surface area contributed by atoms with Gasteiger partial charge in [0, 0.05) is 0 Å². The molecule has 38 heavy (non-hydrogen) atoms. The SMILES string of the molecule is COc1ccc([C@@H]2c3c(C)nn(-c4ccccc4)c3Oc3ncn4nc(-c5cccs5)nc4c32)cc1OC. The summed E-state index contributed by atoms with van der Waals surface area (Å²) in [6, 6.07) is 19.9. The van der Waals surface area contributed by atoms with Gasteiger partial charge in [0.1, 0.15) is 6.33 Å². The predicted molar refractivity (Wildman–Crippen MR) is 143 cm³/mol. The van der Waals surface area contributed by atoms with Gasteiger partial charge in [-0.05, 0) is 48.2 Å². The minimum atomic E-state index is -0.289. The summed E-state index contributed by atoms with van der Waals surface area (Å²) in [5.74, 6) is 2.72. The molecule has 0 saturated carbocycles. The third-order valence-corrected chi connectivity index (χ3v) is 7.57. The summed E-state index contributed by atoms with van der Waals surface area (Å²) >= 11 is 1.59. The molecule has 5 heterocycles. The van der Waals surface area contributed by atoms with Crippen LogP contribution in [0, 0.1) is 6.92 Å². The van der Waals surface area contributed by atoms with E-state index in [9.17, 15) is 0 Å². The first-order chi connectivity index (χ1) is 18.7. The van der Waals surface area contributed by atoms with Gasteiger partial charge in [-0.15, -0.1) is 16.4 Å². The van der Waals surface area contributed by atoms with Crippen molar-refractivity contribution < 1.29 is 14.2 Å². The Morgan fingerprint density at radius 3 is 2.53 bits per heavy atom. The Bertz CT molecular complexity index is 1790. The van der Waals surface area contributed by atoms with Crippen LogP contribution in [0.25, 0.3) is 22.0 Å². The van der Waals surface area contributed by atoms with Gasteiger partial charge in [-0.1, -0.05) is 30.3 Å². The molecule has 0 aliphatic carbocycles. The molecular formula is C28H22N6O3S. The van der Waals surface area contributed by atoms with E-state index in [-0.39, 0.29) is 5.92 Å². The van der Waals surface area contributed by atoms with Crippen LogP contribution in [-0.4, -0.2) is 43.6 Å². The Hall–Kier alpha value is -4.70. The molecule has 0 bridgehead atoms. The summed E-state index contributed by atoms with van der Waals surface area (Å²) in [7, 11) is 3.26. The molecule has 9 nitrogen and oxygen atoms in total. The third-order valence-electron chi connectivity index (χ3n) is 6.70. The lowest BCUT2D eigenvalue weighted by Crippen LogP contribution is -2.16. The van der Waals surface area contributed by atoms with Crippen LogP contribution < -0.4 is 14.2 Å². The van der Waals surface area contributed by atoms with Crippen LogP contribution in [-0.2, 0) is 0 Å².